The van der Waals surface area contributed by atoms with Crippen molar-refractivity contribution in [1.29, 1.82) is 0 Å². The Kier molecular flexibility index (Phi) is 4.43. The molecule has 0 bridgehead atoms. The Bertz CT molecular complexity index is 304. The van der Waals surface area contributed by atoms with Crippen LogP contribution in [0.1, 0.15) is 34.1 Å². The third-order valence-electron chi connectivity index (χ3n) is 2.72. The fraction of sp³-hybridized carbons (Fsp3) is 0.769. The van der Waals surface area contributed by atoms with Crippen molar-refractivity contribution in [3.05, 3.63) is 11.8 Å². The molecule has 0 aliphatic carbocycles. The van der Waals surface area contributed by atoms with Gasteiger partial charge in [0.1, 0.15) is 5.60 Å². The first-order valence-corrected chi connectivity index (χ1v) is 6.03. The van der Waals surface area contributed by atoms with Crippen LogP contribution in [0, 0.1) is 5.92 Å². The smallest absolute Gasteiger partial charge is 0.410 e. The van der Waals surface area contributed by atoms with Gasteiger partial charge in [-0.1, -0.05) is 6.92 Å². The molecular formula is C13H23NO3. The van der Waals surface area contributed by atoms with Gasteiger partial charge in [0.15, 0.2) is 0 Å². The summed E-state index contributed by atoms with van der Waals surface area (Å²) >= 11 is 0. The molecule has 0 aromatic heterocycles. The van der Waals surface area contributed by atoms with Gasteiger partial charge in [0, 0.05) is 13.1 Å². The second kappa shape index (κ2) is 5.43. The molecule has 0 radical (unpaired) electrons. The lowest BCUT2D eigenvalue weighted by Crippen LogP contribution is -2.43. The molecule has 0 spiro atoms. The van der Waals surface area contributed by atoms with Crippen LogP contribution >= 0.6 is 0 Å². The van der Waals surface area contributed by atoms with Crippen LogP contribution in [0.25, 0.3) is 0 Å². The lowest BCUT2D eigenvalue weighted by atomic mass is 9.95. The maximum absolute atomic E-state index is 11.9. The van der Waals surface area contributed by atoms with E-state index in [-0.39, 0.29) is 6.09 Å². The van der Waals surface area contributed by atoms with Crippen LogP contribution < -0.4 is 0 Å². The van der Waals surface area contributed by atoms with Crippen LogP contribution in [0.4, 0.5) is 4.79 Å². The summed E-state index contributed by atoms with van der Waals surface area (Å²) in [5.74, 6) is 0.330. The van der Waals surface area contributed by atoms with Gasteiger partial charge in [-0.05, 0) is 38.7 Å². The molecule has 4 nitrogen and oxygen atoms in total. The van der Waals surface area contributed by atoms with Crippen LogP contribution in [0.2, 0.25) is 0 Å². The molecule has 1 aliphatic rings. The van der Waals surface area contributed by atoms with Gasteiger partial charge in [-0.15, -0.1) is 0 Å². The van der Waals surface area contributed by atoms with E-state index in [0.717, 1.165) is 6.42 Å². The van der Waals surface area contributed by atoms with Crippen molar-refractivity contribution in [3.63, 3.8) is 0 Å². The number of carbonyl (C=O) groups is 1. The number of rotatable bonds is 1. The van der Waals surface area contributed by atoms with Crippen molar-refractivity contribution in [3.8, 4) is 0 Å². The van der Waals surface area contributed by atoms with Crippen molar-refractivity contribution in [2.45, 2.75) is 39.7 Å². The average Bonchev–Trinajstić information content (AvgIpc) is 2.18. The van der Waals surface area contributed by atoms with Gasteiger partial charge in [0.2, 0.25) is 0 Å². The molecule has 0 N–H and O–H groups in total. The molecule has 4 heteroatoms. The standard InChI is InChI=1S/C13H23NO3/c1-10-8-14(7-6-11(10)9-16-5)12(15)17-13(2,3)4/h9-10H,6-8H2,1-5H3/b11-9-. The van der Waals surface area contributed by atoms with Gasteiger partial charge in [-0.3, -0.25) is 0 Å². The minimum Gasteiger partial charge on any atom is -0.504 e. The number of ether oxygens (including phenoxy) is 2. The van der Waals surface area contributed by atoms with E-state index in [2.05, 4.69) is 6.92 Å². The molecule has 0 saturated carbocycles. The third kappa shape index (κ3) is 4.29. The van der Waals surface area contributed by atoms with Crippen molar-refractivity contribution < 1.29 is 14.3 Å². The number of piperidine rings is 1. The van der Waals surface area contributed by atoms with Crippen LogP contribution in [0.15, 0.2) is 11.8 Å². The zero-order chi connectivity index (χ0) is 13.1. The summed E-state index contributed by atoms with van der Waals surface area (Å²) < 4.78 is 10.4. The predicted octanol–water partition coefficient (Wildman–Crippen LogP) is 2.79. The van der Waals surface area contributed by atoms with Crippen molar-refractivity contribution in [2.24, 2.45) is 5.92 Å². The van der Waals surface area contributed by atoms with E-state index < -0.39 is 5.60 Å². The Morgan fingerprint density at radius 1 is 1.47 bits per heavy atom. The van der Waals surface area contributed by atoms with E-state index >= 15 is 0 Å². The van der Waals surface area contributed by atoms with E-state index in [1.165, 1.54) is 5.57 Å². The first-order chi connectivity index (χ1) is 7.83. The zero-order valence-electron chi connectivity index (χ0n) is 11.4. The molecule has 1 rings (SSSR count). The summed E-state index contributed by atoms with van der Waals surface area (Å²) in [4.78, 5) is 13.6. The molecule has 98 valence electrons. The lowest BCUT2D eigenvalue weighted by molar-refractivity contribution is 0.0206. The maximum atomic E-state index is 11.9. The average molecular weight is 241 g/mol. The van der Waals surface area contributed by atoms with E-state index in [0.29, 0.717) is 19.0 Å². The van der Waals surface area contributed by atoms with Gasteiger partial charge < -0.3 is 14.4 Å². The Morgan fingerprint density at radius 2 is 2.12 bits per heavy atom. The summed E-state index contributed by atoms with van der Waals surface area (Å²) in [6.45, 7) is 9.15. The molecule has 1 fully saturated rings. The highest BCUT2D eigenvalue weighted by Crippen LogP contribution is 2.23. The van der Waals surface area contributed by atoms with Crippen molar-refractivity contribution in [1.82, 2.24) is 4.90 Å². The second-order valence-corrected chi connectivity index (χ2v) is 5.51. The largest absolute Gasteiger partial charge is 0.504 e. The molecule has 1 saturated heterocycles. The van der Waals surface area contributed by atoms with E-state index in [1.54, 1.807) is 18.3 Å². The normalized spacial score (nSPS) is 23.7. The quantitative estimate of drug-likeness (QED) is 0.663. The summed E-state index contributed by atoms with van der Waals surface area (Å²) in [5, 5.41) is 0. The van der Waals surface area contributed by atoms with Crippen LogP contribution in [-0.4, -0.2) is 36.8 Å². The molecule has 1 heterocycles. The number of amides is 1. The highest BCUT2D eigenvalue weighted by molar-refractivity contribution is 5.68. The fourth-order valence-electron chi connectivity index (χ4n) is 1.87. The lowest BCUT2D eigenvalue weighted by Gasteiger charge is -2.34. The fourth-order valence-corrected chi connectivity index (χ4v) is 1.87. The van der Waals surface area contributed by atoms with Gasteiger partial charge in [0.25, 0.3) is 0 Å². The van der Waals surface area contributed by atoms with Crippen LogP contribution in [0.5, 0.6) is 0 Å². The molecule has 1 amide bonds. The number of nitrogens with zero attached hydrogens (tertiary/aromatic N) is 1. The molecular weight excluding hydrogens is 218 g/mol. The molecule has 0 aromatic carbocycles. The van der Waals surface area contributed by atoms with Gasteiger partial charge in [-0.25, -0.2) is 4.79 Å². The second-order valence-electron chi connectivity index (χ2n) is 5.51. The molecule has 1 aliphatic heterocycles. The minimum atomic E-state index is -0.428. The topological polar surface area (TPSA) is 38.8 Å². The first-order valence-electron chi connectivity index (χ1n) is 6.03. The number of hydrogen-bond donors (Lipinski definition) is 0. The maximum Gasteiger partial charge on any atom is 0.410 e. The Labute approximate surface area is 104 Å². The van der Waals surface area contributed by atoms with Crippen LogP contribution in [-0.2, 0) is 9.47 Å². The van der Waals surface area contributed by atoms with E-state index in [4.69, 9.17) is 9.47 Å². The highest BCUT2D eigenvalue weighted by atomic mass is 16.6. The monoisotopic (exact) mass is 241 g/mol. The van der Waals surface area contributed by atoms with Crippen molar-refractivity contribution in [2.75, 3.05) is 20.2 Å². The number of likely N-dealkylation sites (tertiary alicyclic amines) is 1. The summed E-state index contributed by atoms with van der Waals surface area (Å²) in [5.41, 5.74) is 0.829. The highest BCUT2D eigenvalue weighted by Gasteiger charge is 2.28. The van der Waals surface area contributed by atoms with Crippen molar-refractivity contribution >= 4 is 6.09 Å². The molecule has 1 unspecified atom stereocenters. The molecule has 0 aromatic rings. The third-order valence-corrected chi connectivity index (χ3v) is 2.72. The summed E-state index contributed by atoms with van der Waals surface area (Å²) in [6, 6.07) is 0. The van der Waals surface area contributed by atoms with Gasteiger partial charge in [0.05, 0.1) is 13.4 Å². The number of methoxy groups -OCH3 is 1. The SMILES string of the molecule is CO/C=C1/CCN(C(=O)OC(C)(C)C)CC1C. The summed E-state index contributed by atoms with van der Waals surface area (Å²) in [7, 11) is 1.65. The minimum absolute atomic E-state index is 0.221. The van der Waals surface area contributed by atoms with E-state index in [1.807, 2.05) is 20.8 Å². The Balaban J connectivity index is 2.55. The zero-order valence-corrected chi connectivity index (χ0v) is 11.4. The number of carbonyl (C=O) groups excluding carboxylic acids is 1. The van der Waals surface area contributed by atoms with Gasteiger partial charge >= 0.3 is 6.09 Å². The Hall–Kier alpha value is -1.19. The van der Waals surface area contributed by atoms with E-state index in [9.17, 15) is 4.79 Å². The summed E-state index contributed by atoms with van der Waals surface area (Å²) in [6.07, 6.45) is 2.42. The first kappa shape index (κ1) is 13.9. The molecule has 17 heavy (non-hydrogen) atoms. The van der Waals surface area contributed by atoms with Crippen LogP contribution in [0.3, 0.4) is 0 Å². The van der Waals surface area contributed by atoms with Gasteiger partial charge in [-0.2, -0.15) is 0 Å². The number of hydrogen-bond acceptors (Lipinski definition) is 3. The Morgan fingerprint density at radius 3 is 2.59 bits per heavy atom. The molecule has 1 atom stereocenters. The predicted molar refractivity (Wildman–Crippen MR) is 66.7 cm³/mol.